The topological polar surface area (TPSA) is 53.1 Å². The van der Waals surface area contributed by atoms with Gasteiger partial charge in [-0.05, 0) is 30.7 Å². The highest BCUT2D eigenvalue weighted by atomic mass is 16.5. The Labute approximate surface area is 107 Å². The van der Waals surface area contributed by atoms with Crippen LogP contribution in [0.1, 0.15) is 23.7 Å². The first-order valence-electron chi connectivity index (χ1n) is 6.10. The van der Waals surface area contributed by atoms with E-state index in [1.54, 1.807) is 10.9 Å². The third-order valence-corrected chi connectivity index (χ3v) is 2.93. The molecule has 96 valence electrons. The van der Waals surface area contributed by atoms with Gasteiger partial charge in [0.25, 0.3) is 0 Å². The SMILES string of the molecule is Cc1cccc(OCCC(N)c2ccnn2C)c1. The number of hydrogen-bond acceptors (Lipinski definition) is 3. The molecule has 1 aromatic carbocycles. The molecule has 0 bridgehead atoms. The molecule has 18 heavy (non-hydrogen) atoms. The molecule has 1 heterocycles. The number of rotatable bonds is 5. The number of hydrogen-bond donors (Lipinski definition) is 1. The predicted molar refractivity (Wildman–Crippen MR) is 71.4 cm³/mol. The summed E-state index contributed by atoms with van der Waals surface area (Å²) in [7, 11) is 1.90. The molecule has 0 amide bonds. The molecule has 2 N–H and O–H groups in total. The molecule has 0 aliphatic carbocycles. The minimum Gasteiger partial charge on any atom is -0.494 e. The van der Waals surface area contributed by atoms with Crippen molar-refractivity contribution in [3.05, 3.63) is 47.8 Å². The van der Waals surface area contributed by atoms with E-state index in [-0.39, 0.29) is 6.04 Å². The van der Waals surface area contributed by atoms with Crippen molar-refractivity contribution in [1.82, 2.24) is 9.78 Å². The Morgan fingerprint density at radius 1 is 1.39 bits per heavy atom. The van der Waals surface area contributed by atoms with Gasteiger partial charge in [-0.25, -0.2) is 0 Å². The summed E-state index contributed by atoms with van der Waals surface area (Å²) in [5.41, 5.74) is 8.32. The van der Waals surface area contributed by atoms with Crippen molar-refractivity contribution in [3.63, 3.8) is 0 Å². The van der Waals surface area contributed by atoms with E-state index in [1.807, 2.05) is 44.3 Å². The first kappa shape index (κ1) is 12.6. The van der Waals surface area contributed by atoms with E-state index in [0.717, 1.165) is 17.9 Å². The maximum absolute atomic E-state index is 6.09. The molecule has 4 nitrogen and oxygen atoms in total. The van der Waals surface area contributed by atoms with Gasteiger partial charge < -0.3 is 10.5 Å². The van der Waals surface area contributed by atoms with Crippen LogP contribution in [0.15, 0.2) is 36.5 Å². The van der Waals surface area contributed by atoms with Crippen molar-refractivity contribution in [3.8, 4) is 5.75 Å². The van der Waals surface area contributed by atoms with E-state index in [4.69, 9.17) is 10.5 Å². The fraction of sp³-hybridized carbons (Fsp3) is 0.357. The summed E-state index contributed by atoms with van der Waals surface area (Å²) in [6, 6.07) is 9.93. The Kier molecular flexibility index (Phi) is 3.99. The molecular weight excluding hydrogens is 226 g/mol. The lowest BCUT2D eigenvalue weighted by Crippen LogP contribution is -2.17. The van der Waals surface area contributed by atoms with Crippen LogP contribution in [-0.2, 0) is 7.05 Å². The quantitative estimate of drug-likeness (QED) is 0.878. The van der Waals surface area contributed by atoms with Gasteiger partial charge in [-0.2, -0.15) is 5.10 Å². The molecule has 0 aliphatic rings. The molecule has 0 fully saturated rings. The average molecular weight is 245 g/mol. The predicted octanol–water partition coefficient (Wildman–Crippen LogP) is 2.20. The lowest BCUT2D eigenvalue weighted by Gasteiger charge is -2.13. The third-order valence-electron chi connectivity index (χ3n) is 2.93. The fourth-order valence-electron chi connectivity index (χ4n) is 1.90. The second kappa shape index (κ2) is 5.69. The van der Waals surface area contributed by atoms with Crippen LogP contribution in [0.25, 0.3) is 0 Å². The molecule has 0 saturated carbocycles. The Bertz CT molecular complexity index is 507. The first-order valence-corrected chi connectivity index (χ1v) is 6.10. The lowest BCUT2D eigenvalue weighted by molar-refractivity contribution is 0.296. The van der Waals surface area contributed by atoms with Gasteiger partial charge in [0.05, 0.1) is 12.3 Å². The Morgan fingerprint density at radius 3 is 2.89 bits per heavy atom. The molecule has 0 saturated heterocycles. The lowest BCUT2D eigenvalue weighted by atomic mass is 10.1. The second-order valence-corrected chi connectivity index (χ2v) is 4.44. The molecule has 1 aromatic heterocycles. The van der Waals surface area contributed by atoms with Crippen LogP contribution in [0.5, 0.6) is 5.75 Å². The van der Waals surface area contributed by atoms with Gasteiger partial charge in [-0.15, -0.1) is 0 Å². The summed E-state index contributed by atoms with van der Waals surface area (Å²) in [5.74, 6) is 0.896. The van der Waals surface area contributed by atoms with Crippen molar-refractivity contribution in [1.29, 1.82) is 0 Å². The third kappa shape index (κ3) is 3.11. The van der Waals surface area contributed by atoms with Gasteiger partial charge in [0.15, 0.2) is 0 Å². The number of benzene rings is 1. The zero-order chi connectivity index (χ0) is 13.0. The summed E-state index contributed by atoms with van der Waals surface area (Å²) in [5, 5.41) is 4.11. The zero-order valence-electron chi connectivity index (χ0n) is 10.8. The highest BCUT2D eigenvalue weighted by molar-refractivity contribution is 5.27. The minimum absolute atomic E-state index is 0.0395. The van der Waals surface area contributed by atoms with Crippen LogP contribution < -0.4 is 10.5 Å². The average Bonchev–Trinajstić information content (AvgIpc) is 2.75. The van der Waals surface area contributed by atoms with Gasteiger partial charge >= 0.3 is 0 Å². The van der Waals surface area contributed by atoms with Crippen LogP contribution in [0.3, 0.4) is 0 Å². The summed E-state index contributed by atoms with van der Waals surface area (Å²) in [6.07, 6.45) is 2.53. The van der Waals surface area contributed by atoms with E-state index in [2.05, 4.69) is 5.10 Å². The Balaban J connectivity index is 1.84. The number of ether oxygens (including phenoxy) is 1. The number of aromatic nitrogens is 2. The van der Waals surface area contributed by atoms with Crippen LogP contribution in [0.4, 0.5) is 0 Å². The summed E-state index contributed by atoms with van der Waals surface area (Å²) in [6.45, 7) is 2.66. The molecule has 0 radical (unpaired) electrons. The normalized spacial score (nSPS) is 12.4. The van der Waals surface area contributed by atoms with Crippen LogP contribution >= 0.6 is 0 Å². The summed E-state index contributed by atoms with van der Waals surface area (Å²) >= 11 is 0. The molecule has 2 rings (SSSR count). The Hall–Kier alpha value is -1.81. The largest absolute Gasteiger partial charge is 0.494 e. The second-order valence-electron chi connectivity index (χ2n) is 4.44. The van der Waals surface area contributed by atoms with E-state index in [9.17, 15) is 0 Å². The maximum atomic E-state index is 6.09. The van der Waals surface area contributed by atoms with Gasteiger partial charge in [0.2, 0.25) is 0 Å². The van der Waals surface area contributed by atoms with Crippen LogP contribution in [-0.4, -0.2) is 16.4 Å². The van der Waals surface area contributed by atoms with Crippen molar-refractivity contribution >= 4 is 0 Å². The highest BCUT2D eigenvalue weighted by Gasteiger charge is 2.09. The minimum atomic E-state index is -0.0395. The van der Waals surface area contributed by atoms with Crippen LogP contribution in [0.2, 0.25) is 0 Å². The fourth-order valence-corrected chi connectivity index (χ4v) is 1.90. The smallest absolute Gasteiger partial charge is 0.119 e. The molecular formula is C14H19N3O. The zero-order valence-corrected chi connectivity index (χ0v) is 10.8. The summed E-state index contributed by atoms with van der Waals surface area (Å²) in [4.78, 5) is 0. The highest BCUT2D eigenvalue weighted by Crippen LogP contribution is 2.16. The van der Waals surface area contributed by atoms with Gasteiger partial charge in [-0.1, -0.05) is 12.1 Å². The van der Waals surface area contributed by atoms with Crippen molar-refractivity contribution in [2.45, 2.75) is 19.4 Å². The Morgan fingerprint density at radius 2 is 2.22 bits per heavy atom. The van der Waals surface area contributed by atoms with Crippen molar-refractivity contribution < 1.29 is 4.74 Å². The molecule has 2 aromatic rings. The maximum Gasteiger partial charge on any atom is 0.119 e. The van der Waals surface area contributed by atoms with Crippen LogP contribution in [0, 0.1) is 6.92 Å². The molecule has 0 aliphatic heterocycles. The number of aryl methyl sites for hydroxylation is 2. The summed E-state index contributed by atoms with van der Waals surface area (Å²) < 4.78 is 7.49. The van der Waals surface area contributed by atoms with Gasteiger partial charge in [-0.3, -0.25) is 4.68 Å². The monoisotopic (exact) mass is 245 g/mol. The van der Waals surface area contributed by atoms with E-state index >= 15 is 0 Å². The molecule has 1 atom stereocenters. The molecule has 4 heteroatoms. The van der Waals surface area contributed by atoms with Crippen molar-refractivity contribution in [2.24, 2.45) is 12.8 Å². The molecule has 1 unspecified atom stereocenters. The van der Waals surface area contributed by atoms with E-state index in [1.165, 1.54) is 5.56 Å². The first-order chi connectivity index (χ1) is 8.66. The van der Waals surface area contributed by atoms with E-state index < -0.39 is 0 Å². The number of nitrogens with two attached hydrogens (primary N) is 1. The molecule has 0 spiro atoms. The van der Waals surface area contributed by atoms with Crippen molar-refractivity contribution in [2.75, 3.05) is 6.61 Å². The standard InChI is InChI=1S/C14H19N3O/c1-11-4-3-5-12(10-11)18-9-7-13(15)14-6-8-16-17(14)2/h3-6,8,10,13H,7,9,15H2,1-2H3. The van der Waals surface area contributed by atoms with E-state index in [0.29, 0.717) is 6.61 Å². The number of nitrogens with zero attached hydrogens (tertiary/aromatic N) is 2. The van der Waals surface area contributed by atoms with Gasteiger partial charge in [0, 0.05) is 25.7 Å². The van der Waals surface area contributed by atoms with Gasteiger partial charge in [0.1, 0.15) is 5.75 Å².